The van der Waals surface area contributed by atoms with Crippen LogP contribution >= 0.6 is 15.9 Å². The number of hydrogen-bond acceptors (Lipinski definition) is 5. The summed E-state index contributed by atoms with van der Waals surface area (Å²) >= 11 is 3.36. The number of non-ortho nitro benzene ring substituents is 1. The van der Waals surface area contributed by atoms with Crippen LogP contribution in [-0.4, -0.2) is 30.0 Å². The number of hydrogen-bond donors (Lipinski definition) is 1. The molecule has 19 heavy (non-hydrogen) atoms. The van der Waals surface area contributed by atoms with Gasteiger partial charge in [-0.1, -0.05) is 0 Å². The van der Waals surface area contributed by atoms with Crippen LogP contribution < -0.4 is 5.32 Å². The molecule has 1 fully saturated rings. The molecule has 1 aromatic carbocycles. The van der Waals surface area contributed by atoms with Crippen molar-refractivity contribution in [2.75, 3.05) is 18.5 Å². The molecule has 0 atom stereocenters. The minimum Gasteiger partial charge on any atom is -0.377 e. The third-order valence-corrected chi connectivity index (χ3v) is 3.48. The largest absolute Gasteiger partial charge is 0.377 e. The van der Waals surface area contributed by atoms with Crippen LogP contribution in [-0.2, 0) is 9.47 Å². The number of benzene rings is 1. The second-order valence-electron chi connectivity index (χ2n) is 4.78. The molecule has 0 amide bonds. The molecule has 1 aliphatic rings. The molecule has 104 valence electrons. The molecule has 1 aromatic rings. The number of nitro groups is 1. The van der Waals surface area contributed by atoms with Crippen LogP contribution in [0.5, 0.6) is 0 Å². The van der Waals surface area contributed by atoms with E-state index < -0.39 is 10.7 Å². The molecular weight excluding hydrogens is 316 g/mol. The predicted octanol–water partition coefficient (Wildman–Crippen LogP) is 2.92. The fraction of sp³-hybridized carbons (Fsp3) is 0.500. The second kappa shape index (κ2) is 5.44. The third-order valence-electron chi connectivity index (χ3n) is 2.78. The smallest absolute Gasteiger partial charge is 0.271 e. The van der Waals surface area contributed by atoms with Gasteiger partial charge in [-0.2, -0.15) is 0 Å². The second-order valence-corrected chi connectivity index (χ2v) is 5.64. The molecule has 1 heterocycles. The lowest BCUT2D eigenvalue weighted by Gasteiger charge is -2.35. The molecule has 0 bridgehead atoms. The zero-order valence-corrected chi connectivity index (χ0v) is 12.3. The minimum absolute atomic E-state index is 0.0358. The Morgan fingerprint density at radius 2 is 2.05 bits per heavy atom. The summed E-state index contributed by atoms with van der Waals surface area (Å²) in [6.45, 7) is 4.68. The van der Waals surface area contributed by atoms with Crippen molar-refractivity contribution in [3.05, 3.63) is 32.8 Å². The summed E-state index contributed by atoms with van der Waals surface area (Å²) in [6, 6.07) is 4.55. The molecule has 1 saturated heterocycles. The Morgan fingerprint density at radius 1 is 1.42 bits per heavy atom. The lowest BCUT2D eigenvalue weighted by atomic mass is 10.2. The Kier molecular flexibility index (Phi) is 4.07. The van der Waals surface area contributed by atoms with Gasteiger partial charge in [-0.15, -0.1) is 0 Å². The Bertz CT molecular complexity index is 483. The Balaban J connectivity index is 2.07. The lowest BCUT2D eigenvalue weighted by molar-refractivity contribution is -0.384. The van der Waals surface area contributed by atoms with E-state index in [4.69, 9.17) is 9.47 Å². The molecule has 0 aliphatic carbocycles. The van der Waals surface area contributed by atoms with E-state index in [0.717, 1.165) is 4.47 Å². The van der Waals surface area contributed by atoms with Gasteiger partial charge in [0, 0.05) is 16.6 Å². The first kappa shape index (κ1) is 14.2. The van der Waals surface area contributed by atoms with Crippen molar-refractivity contribution in [2.45, 2.75) is 25.7 Å². The van der Waals surface area contributed by atoms with Gasteiger partial charge in [0.15, 0.2) is 5.79 Å². The fourth-order valence-electron chi connectivity index (χ4n) is 1.73. The van der Waals surface area contributed by atoms with Crippen LogP contribution in [0.3, 0.4) is 0 Å². The molecule has 1 aliphatic heterocycles. The van der Waals surface area contributed by atoms with E-state index in [-0.39, 0.29) is 11.7 Å². The number of rotatable bonds is 3. The first-order valence-corrected chi connectivity index (χ1v) is 6.65. The summed E-state index contributed by atoms with van der Waals surface area (Å²) in [5, 5.41) is 13.9. The van der Waals surface area contributed by atoms with Gasteiger partial charge >= 0.3 is 0 Å². The van der Waals surface area contributed by atoms with Crippen molar-refractivity contribution in [1.82, 2.24) is 0 Å². The van der Waals surface area contributed by atoms with E-state index in [9.17, 15) is 10.1 Å². The SMILES string of the molecule is CC1(C)OCC(Nc2cc([N+](=O)[O-])ccc2Br)CO1. The average molecular weight is 331 g/mol. The first-order valence-electron chi connectivity index (χ1n) is 5.86. The maximum absolute atomic E-state index is 10.8. The monoisotopic (exact) mass is 330 g/mol. The highest BCUT2D eigenvalue weighted by atomic mass is 79.9. The van der Waals surface area contributed by atoms with Crippen molar-refractivity contribution < 1.29 is 14.4 Å². The van der Waals surface area contributed by atoms with Crippen molar-refractivity contribution in [3.8, 4) is 0 Å². The summed E-state index contributed by atoms with van der Waals surface area (Å²) < 4.78 is 11.8. The van der Waals surface area contributed by atoms with E-state index in [2.05, 4.69) is 21.2 Å². The molecule has 6 nitrogen and oxygen atoms in total. The summed E-state index contributed by atoms with van der Waals surface area (Å²) in [5.41, 5.74) is 0.704. The molecule has 2 rings (SSSR count). The standard InChI is InChI=1S/C12H15BrN2O4/c1-12(2)18-6-8(7-19-12)14-11-5-9(15(16)17)3-4-10(11)13/h3-5,8,14H,6-7H2,1-2H3. The van der Waals surface area contributed by atoms with Gasteiger partial charge in [0.2, 0.25) is 0 Å². The van der Waals surface area contributed by atoms with Gasteiger partial charge in [0.05, 0.1) is 29.9 Å². The Morgan fingerprint density at radius 3 is 2.63 bits per heavy atom. The van der Waals surface area contributed by atoms with Crippen LogP contribution in [0.2, 0.25) is 0 Å². The van der Waals surface area contributed by atoms with Crippen LogP contribution in [0.1, 0.15) is 13.8 Å². The minimum atomic E-state index is -0.571. The maximum atomic E-state index is 10.8. The first-order chi connectivity index (χ1) is 8.87. The van der Waals surface area contributed by atoms with E-state index in [1.54, 1.807) is 6.07 Å². The molecule has 0 saturated carbocycles. The van der Waals surface area contributed by atoms with Crippen LogP contribution in [0.4, 0.5) is 11.4 Å². The van der Waals surface area contributed by atoms with Gasteiger partial charge in [0.1, 0.15) is 0 Å². The quantitative estimate of drug-likeness (QED) is 0.681. The topological polar surface area (TPSA) is 73.6 Å². The third kappa shape index (κ3) is 3.65. The number of nitrogens with one attached hydrogen (secondary N) is 1. The van der Waals surface area contributed by atoms with E-state index in [1.807, 2.05) is 13.8 Å². The van der Waals surface area contributed by atoms with Crippen molar-refractivity contribution in [1.29, 1.82) is 0 Å². The number of nitro benzene ring substituents is 1. The van der Waals surface area contributed by atoms with Crippen LogP contribution in [0, 0.1) is 10.1 Å². The van der Waals surface area contributed by atoms with E-state index >= 15 is 0 Å². The Hall–Kier alpha value is -1.18. The highest BCUT2D eigenvalue weighted by molar-refractivity contribution is 9.10. The maximum Gasteiger partial charge on any atom is 0.271 e. The average Bonchev–Trinajstić information content (AvgIpc) is 2.34. The van der Waals surface area contributed by atoms with Crippen LogP contribution in [0.15, 0.2) is 22.7 Å². The number of nitrogens with zero attached hydrogens (tertiary/aromatic N) is 1. The van der Waals surface area contributed by atoms with E-state index in [0.29, 0.717) is 18.9 Å². The summed E-state index contributed by atoms with van der Waals surface area (Å²) in [5.74, 6) is -0.571. The molecule has 1 N–H and O–H groups in total. The Labute approximate surface area is 119 Å². The molecular formula is C12H15BrN2O4. The van der Waals surface area contributed by atoms with Crippen LogP contribution in [0.25, 0.3) is 0 Å². The zero-order chi connectivity index (χ0) is 14.0. The molecule has 0 radical (unpaired) electrons. The zero-order valence-electron chi connectivity index (χ0n) is 10.7. The normalized spacial score (nSPS) is 19.1. The number of anilines is 1. The molecule has 7 heteroatoms. The highest BCUT2D eigenvalue weighted by Gasteiger charge is 2.28. The summed E-state index contributed by atoms with van der Waals surface area (Å²) in [6.07, 6.45) is 0. The van der Waals surface area contributed by atoms with Gasteiger partial charge < -0.3 is 14.8 Å². The summed E-state index contributed by atoms with van der Waals surface area (Å²) in [7, 11) is 0. The predicted molar refractivity (Wildman–Crippen MR) is 74.2 cm³/mol. The number of halogens is 1. The van der Waals surface area contributed by atoms with Crippen molar-refractivity contribution in [3.63, 3.8) is 0 Å². The van der Waals surface area contributed by atoms with Gasteiger partial charge in [-0.05, 0) is 35.8 Å². The lowest BCUT2D eigenvalue weighted by Crippen LogP contribution is -2.45. The van der Waals surface area contributed by atoms with Gasteiger partial charge in [-0.3, -0.25) is 10.1 Å². The molecule has 0 unspecified atom stereocenters. The van der Waals surface area contributed by atoms with E-state index in [1.165, 1.54) is 12.1 Å². The van der Waals surface area contributed by atoms with Gasteiger partial charge in [0.25, 0.3) is 5.69 Å². The van der Waals surface area contributed by atoms with Crippen molar-refractivity contribution in [2.24, 2.45) is 0 Å². The van der Waals surface area contributed by atoms with Gasteiger partial charge in [-0.25, -0.2) is 0 Å². The molecule has 0 spiro atoms. The summed E-state index contributed by atoms with van der Waals surface area (Å²) in [4.78, 5) is 10.3. The van der Waals surface area contributed by atoms with Crippen molar-refractivity contribution >= 4 is 27.3 Å². The number of ether oxygens (including phenoxy) is 2. The highest BCUT2D eigenvalue weighted by Crippen LogP contribution is 2.28. The fourth-order valence-corrected chi connectivity index (χ4v) is 2.09. The molecule has 0 aromatic heterocycles.